The molecule has 1 aromatic heterocycles. The van der Waals surface area contributed by atoms with Gasteiger partial charge in [0.2, 0.25) is 0 Å². The highest BCUT2D eigenvalue weighted by Gasteiger charge is 2.20. The molecule has 1 saturated heterocycles. The number of nitrogens with one attached hydrogen (secondary N) is 2. The van der Waals surface area contributed by atoms with Crippen molar-refractivity contribution >= 4 is 28.3 Å². The molecule has 0 radical (unpaired) electrons. The van der Waals surface area contributed by atoms with Gasteiger partial charge in [0, 0.05) is 13.1 Å². The normalized spacial score (nSPS) is 13.9. The van der Waals surface area contributed by atoms with E-state index in [0.29, 0.717) is 29.5 Å². The zero-order valence-corrected chi connectivity index (χ0v) is 16.8. The van der Waals surface area contributed by atoms with E-state index in [9.17, 15) is 9.59 Å². The number of aryl methyl sites for hydroxylation is 2. The van der Waals surface area contributed by atoms with E-state index in [1.807, 2.05) is 31.2 Å². The van der Waals surface area contributed by atoms with Gasteiger partial charge < -0.3 is 14.4 Å². The van der Waals surface area contributed by atoms with Crippen molar-refractivity contribution in [2.75, 3.05) is 37.8 Å². The fraction of sp³-hybridized carbons (Fsp3) is 0.421. The van der Waals surface area contributed by atoms with Gasteiger partial charge in [0.1, 0.15) is 10.6 Å². The van der Waals surface area contributed by atoms with Crippen LogP contribution in [0.2, 0.25) is 0 Å². The lowest BCUT2D eigenvalue weighted by atomic mass is 10.1. The van der Waals surface area contributed by atoms with Crippen LogP contribution in [0.1, 0.15) is 27.9 Å². The Kier molecular flexibility index (Phi) is 6.83. The van der Waals surface area contributed by atoms with Gasteiger partial charge >= 0.3 is 0 Å². The minimum atomic E-state index is -0.435. The molecule has 1 aliphatic rings. The van der Waals surface area contributed by atoms with E-state index in [2.05, 4.69) is 20.7 Å². The molecule has 0 atom stereocenters. The molecule has 2 heterocycles. The molecule has 1 aliphatic heterocycles. The van der Waals surface area contributed by atoms with Gasteiger partial charge in [-0.3, -0.25) is 20.4 Å². The van der Waals surface area contributed by atoms with Crippen LogP contribution >= 0.6 is 11.3 Å². The highest BCUT2D eigenvalue weighted by atomic mass is 32.1. The van der Waals surface area contributed by atoms with E-state index in [1.54, 1.807) is 6.92 Å². The van der Waals surface area contributed by atoms with Gasteiger partial charge in [-0.05, 0) is 25.0 Å². The number of hydrogen-bond donors (Lipinski definition) is 2. The Hall–Kier alpha value is -2.65. The fourth-order valence-electron chi connectivity index (χ4n) is 2.78. The van der Waals surface area contributed by atoms with Crippen LogP contribution in [0.3, 0.4) is 0 Å². The number of hydrazine groups is 1. The van der Waals surface area contributed by atoms with Crippen molar-refractivity contribution in [1.29, 1.82) is 0 Å². The molecular formula is C19H24N4O4S. The first-order chi connectivity index (χ1) is 13.6. The number of ether oxygens (including phenoxy) is 2. The number of para-hydroxylation sites is 1. The highest BCUT2D eigenvalue weighted by molar-refractivity contribution is 7.17. The van der Waals surface area contributed by atoms with Crippen LogP contribution < -0.4 is 20.5 Å². The summed E-state index contributed by atoms with van der Waals surface area (Å²) in [4.78, 5) is 31.4. The third-order valence-corrected chi connectivity index (χ3v) is 5.52. The van der Waals surface area contributed by atoms with Crippen LogP contribution in [0.5, 0.6) is 5.75 Å². The number of carbonyl (C=O) groups is 2. The molecular weight excluding hydrogens is 380 g/mol. The second-order valence-electron chi connectivity index (χ2n) is 6.26. The van der Waals surface area contributed by atoms with Gasteiger partial charge in [-0.1, -0.05) is 36.5 Å². The Labute approximate surface area is 167 Å². The first-order valence-corrected chi connectivity index (χ1v) is 10.00. The number of nitrogens with zero attached hydrogens (tertiary/aromatic N) is 2. The largest absolute Gasteiger partial charge is 0.483 e. The van der Waals surface area contributed by atoms with Gasteiger partial charge in [0.05, 0.1) is 18.9 Å². The molecule has 0 aliphatic carbocycles. The van der Waals surface area contributed by atoms with Crippen LogP contribution in [-0.4, -0.2) is 49.7 Å². The van der Waals surface area contributed by atoms with Crippen molar-refractivity contribution in [1.82, 2.24) is 15.8 Å². The fourth-order valence-corrected chi connectivity index (χ4v) is 3.80. The number of thiazole rings is 1. The predicted molar refractivity (Wildman–Crippen MR) is 107 cm³/mol. The van der Waals surface area contributed by atoms with Gasteiger partial charge in [-0.25, -0.2) is 4.98 Å². The SMILES string of the molecule is CCc1ccccc1OCC(=O)NNC(=O)c1sc(N2CCOCC2)nc1C. The van der Waals surface area contributed by atoms with Crippen molar-refractivity contribution in [2.45, 2.75) is 20.3 Å². The lowest BCUT2D eigenvalue weighted by molar-refractivity contribution is -0.123. The molecule has 1 aromatic carbocycles. The monoisotopic (exact) mass is 404 g/mol. The zero-order valence-electron chi connectivity index (χ0n) is 16.0. The van der Waals surface area contributed by atoms with E-state index < -0.39 is 11.8 Å². The second kappa shape index (κ2) is 9.52. The lowest BCUT2D eigenvalue weighted by Gasteiger charge is -2.25. The first kappa shape index (κ1) is 20.1. The van der Waals surface area contributed by atoms with Crippen molar-refractivity contribution < 1.29 is 19.1 Å². The maximum Gasteiger partial charge on any atom is 0.281 e. The summed E-state index contributed by atoms with van der Waals surface area (Å²) in [6.07, 6.45) is 0.810. The van der Waals surface area contributed by atoms with E-state index in [0.717, 1.165) is 30.2 Å². The van der Waals surface area contributed by atoms with Crippen molar-refractivity contribution in [3.63, 3.8) is 0 Å². The third kappa shape index (κ3) is 4.99. The Morgan fingerprint density at radius 3 is 2.75 bits per heavy atom. The number of benzene rings is 1. The summed E-state index contributed by atoms with van der Waals surface area (Å²) in [6, 6.07) is 7.55. The van der Waals surface area contributed by atoms with Gasteiger partial charge in [-0.2, -0.15) is 0 Å². The van der Waals surface area contributed by atoms with E-state index in [1.165, 1.54) is 11.3 Å². The van der Waals surface area contributed by atoms with Crippen molar-refractivity contribution in [3.05, 3.63) is 40.4 Å². The van der Waals surface area contributed by atoms with Crippen LogP contribution in [-0.2, 0) is 16.0 Å². The second-order valence-corrected chi connectivity index (χ2v) is 7.24. The molecule has 28 heavy (non-hydrogen) atoms. The molecule has 2 N–H and O–H groups in total. The number of amides is 2. The maximum absolute atomic E-state index is 12.4. The molecule has 1 fully saturated rings. The average Bonchev–Trinajstić information content (AvgIpc) is 3.13. The van der Waals surface area contributed by atoms with E-state index >= 15 is 0 Å². The molecule has 0 spiro atoms. The summed E-state index contributed by atoms with van der Waals surface area (Å²) in [5.74, 6) is -0.161. The summed E-state index contributed by atoms with van der Waals surface area (Å²) in [7, 11) is 0. The Bertz CT molecular complexity index is 833. The van der Waals surface area contributed by atoms with Crippen molar-refractivity contribution in [2.24, 2.45) is 0 Å². The van der Waals surface area contributed by atoms with E-state index in [4.69, 9.17) is 9.47 Å². The highest BCUT2D eigenvalue weighted by Crippen LogP contribution is 2.26. The Balaban J connectivity index is 1.51. The quantitative estimate of drug-likeness (QED) is 0.712. The van der Waals surface area contributed by atoms with Crippen LogP contribution in [0.4, 0.5) is 5.13 Å². The molecule has 9 heteroatoms. The Morgan fingerprint density at radius 1 is 1.25 bits per heavy atom. The minimum absolute atomic E-state index is 0.183. The molecule has 0 bridgehead atoms. The smallest absolute Gasteiger partial charge is 0.281 e. The summed E-state index contributed by atoms with van der Waals surface area (Å²) >= 11 is 1.31. The molecule has 150 valence electrons. The summed E-state index contributed by atoms with van der Waals surface area (Å²) < 4.78 is 10.9. The maximum atomic E-state index is 12.4. The number of aromatic nitrogens is 1. The first-order valence-electron chi connectivity index (χ1n) is 9.18. The van der Waals surface area contributed by atoms with Crippen LogP contribution in [0, 0.1) is 6.92 Å². The third-order valence-electron chi connectivity index (χ3n) is 4.30. The molecule has 8 nitrogen and oxygen atoms in total. The molecule has 0 saturated carbocycles. The Morgan fingerprint density at radius 2 is 2.00 bits per heavy atom. The standard InChI is InChI=1S/C19H24N4O4S/c1-3-14-6-4-5-7-15(14)27-12-16(24)21-22-18(25)17-13(2)20-19(28-17)23-8-10-26-11-9-23/h4-7H,3,8-12H2,1-2H3,(H,21,24)(H,22,25). The van der Waals surface area contributed by atoms with Crippen LogP contribution in [0.15, 0.2) is 24.3 Å². The summed E-state index contributed by atoms with van der Waals surface area (Å²) in [5.41, 5.74) is 6.47. The van der Waals surface area contributed by atoms with Crippen molar-refractivity contribution in [3.8, 4) is 5.75 Å². The number of anilines is 1. The van der Waals surface area contributed by atoms with Gasteiger partial charge in [0.15, 0.2) is 11.7 Å². The summed E-state index contributed by atoms with van der Waals surface area (Å²) in [5, 5.41) is 0.789. The number of hydrogen-bond acceptors (Lipinski definition) is 7. The van der Waals surface area contributed by atoms with Gasteiger partial charge in [0.25, 0.3) is 11.8 Å². The van der Waals surface area contributed by atoms with Gasteiger partial charge in [-0.15, -0.1) is 0 Å². The predicted octanol–water partition coefficient (Wildman–Crippen LogP) is 1.69. The number of rotatable bonds is 6. The van der Waals surface area contributed by atoms with Crippen LogP contribution in [0.25, 0.3) is 0 Å². The number of carbonyl (C=O) groups excluding carboxylic acids is 2. The molecule has 0 unspecified atom stereocenters. The van der Waals surface area contributed by atoms with E-state index in [-0.39, 0.29) is 6.61 Å². The molecule has 2 amide bonds. The average molecular weight is 404 g/mol. The topological polar surface area (TPSA) is 92.8 Å². The molecule has 3 rings (SSSR count). The zero-order chi connectivity index (χ0) is 19.9. The summed E-state index contributed by atoms with van der Waals surface area (Å²) in [6.45, 7) is 6.42. The minimum Gasteiger partial charge on any atom is -0.483 e. The lowest BCUT2D eigenvalue weighted by Crippen LogP contribution is -2.43. The molecule has 2 aromatic rings. The number of morpholine rings is 1.